The van der Waals surface area contributed by atoms with Gasteiger partial charge in [0.05, 0.1) is 25.0 Å². The van der Waals surface area contributed by atoms with Crippen LogP contribution in [0.5, 0.6) is 11.5 Å². The third-order valence-corrected chi connectivity index (χ3v) is 3.84. The molecular formula is C19H21N3O4. The Morgan fingerprint density at radius 2 is 2.04 bits per heavy atom. The van der Waals surface area contributed by atoms with Crippen LogP contribution in [0.3, 0.4) is 0 Å². The Balaban J connectivity index is 1.55. The van der Waals surface area contributed by atoms with Gasteiger partial charge in [0.15, 0.2) is 5.76 Å². The number of carbonyl (C=O) groups excluding carboxylic acids is 1. The van der Waals surface area contributed by atoms with E-state index in [1.807, 2.05) is 38.2 Å². The number of carbonyl (C=O) groups is 1. The lowest BCUT2D eigenvalue weighted by Gasteiger charge is -2.06. The number of hydrogen-bond acceptors (Lipinski definition) is 5. The van der Waals surface area contributed by atoms with E-state index in [4.69, 9.17) is 13.9 Å². The van der Waals surface area contributed by atoms with Gasteiger partial charge in [0, 0.05) is 13.1 Å². The zero-order valence-electron chi connectivity index (χ0n) is 15.0. The van der Waals surface area contributed by atoms with Crippen LogP contribution < -0.4 is 14.8 Å². The molecule has 1 aromatic carbocycles. The Morgan fingerprint density at radius 1 is 1.23 bits per heavy atom. The summed E-state index contributed by atoms with van der Waals surface area (Å²) in [5.74, 6) is 1.91. The van der Waals surface area contributed by atoms with Crippen LogP contribution in [0.15, 0.2) is 46.9 Å². The fraction of sp³-hybridized carbons (Fsp3) is 0.263. The van der Waals surface area contributed by atoms with Crippen molar-refractivity contribution in [3.05, 3.63) is 65.4 Å². The van der Waals surface area contributed by atoms with Gasteiger partial charge >= 0.3 is 0 Å². The summed E-state index contributed by atoms with van der Waals surface area (Å²) in [6.45, 7) is 2.51. The number of rotatable bonds is 7. The zero-order valence-corrected chi connectivity index (χ0v) is 15.0. The van der Waals surface area contributed by atoms with Crippen LogP contribution in [0.2, 0.25) is 0 Å². The smallest absolute Gasteiger partial charge is 0.287 e. The molecular weight excluding hydrogens is 334 g/mol. The molecule has 0 unspecified atom stereocenters. The van der Waals surface area contributed by atoms with E-state index >= 15 is 0 Å². The lowest BCUT2D eigenvalue weighted by molar-refractivity contribution is 0.0918. The average Bonchev–Trinajstić information content (AvgIpc) is 3.24. The van der Waals surface area contributed by atoms with Crippen molar-refractivity contribution in [3.8, 4) is 11.5 Å². The number of nitrogens with zero attached hydrogens (tertiary/aromatic N) is 2. The first-order valence-corrected chi connectivity index (χ1v) is 8.18. The van der Waals surface area contributed by atoms with Crippen molar-refractivity contribution in [3.63, 3.8) is 0 Å². The van der Waals surface area contributed by atoms with E-state index in [-0.39, 0.29) is 18.3 Å². The highest BCUT2D eigenvalue weighted by atomic mass is 16.5. The Hall–Kier alpha value is -3.22. The predicted molar refractivity (Wildman–Crippen MR) is 95.1 cm³/mol. The molecule has 0 spiro atoms. The molecule has 0 radical (unpaired) electrons. The van der Waals surface area contributed by atoms with Gasteiger partial charge < -0.3 is 19.2 Å². The highest BCUT2D eigenvalue weighted by molar-refractivity contribution is 5.91. The first-order valence-electron chi connectivity index (χ1n) is 8.18. The summed E-state index contributed by atoms with van der Waals surface area (Å²) >= 11 is 0. The highest BCUT2D eigenvalue weighted by Gasteiger charge is 2.12. The van der Waals surface area contributed by atoms with Crippen LogP contribution in [0.4, 0.5) is 0 Å². The summed E-state index contributed by atoms with van der Waals surface area (Å²) in [6.07, 6.45) is 0. The molecule has 7 heteroatoms. The normalized spacial score (nSPS) is 10.6. The fourth-order valence-corrected chi connectivity index (χ4v) is 2.51. The van der Waals surface area contributed by atoms with Crippen molar-refractivity contribution < 1.29 is 18.7 Å². The lowest BCUT2D eigenvalue weighted by atomic mass is 10.3. The van der Waals surface area contributed by atoms with Crippen LogP contribution in [-0.4, -0.2) is 22.8 Å². The number of amides is 1. The molecule has 0 aliphatic carbocycles. The summed E-state index contributed by atoms with van der Waals surface area (Å²) in [5, 5.41) is 7.07. The van der Waals surface area contributed by atoms with Crippen LogP contribution in [0, 0.1) is 6.92 Å². The first kappa shape index (κ1) is 17.6. The topological polar surface area (TPSA) is 78.5 Å². The van der Waals surface area contributed by atoms with E-state index in [0.29, 0.717) is 23.8 Å². The number of nitrogens with one attached hydrogen (secondary N) is 1. The van der Waals surface area contributed by atoms with Gasteiger partial charge in [-0.1, -0.05) is 6.07 Å². The van der Waals surface area contributed by atoms with Crippen molar-refractivity contribution in [2.75, 3.05) is 7.11 Å². The van der Waals surface area contributed by atoms with Gasteiger partial charge in [-0.3, -0.25) is 9.48 Å². The molecule has 0 aliphatic rings. The number of ether oxygens (including phenoxy) is 2. The van der Waals surface area contributed by atoms with E-state index in [0.717, 1.165) is 11.4 Å². The summed E-state index contributed by atoms with van der Waals surface area (Å²) < 4.78 is 18.1. The number of furan rings is 1. The summed E-state index contributed by atoms with van der Waals surface area (Å²) in [5.41, 5.74) is 1.83. The minimum absolute atomic E-state index is 0.224. The molecule has 1 amide bonds. The predicted octanol–water partition coefficient (Wildman–Crippen LogP) is 2.84. The maximum atomic E-state index is 12.2. The molecule has 1 N–H and O–H groups in total. The molecule has 2 heterocycles. The number of methoxy groups -OCH3 is 1. The van der Waals surface area contributed by atoms with Crippen molar-refractivity contribution in [1.29, 1.82) is 0 Å². The molecule has 2 aromatic heterocycles. The lowest BCUT2D eigenvalue weighted by Crippen LogP contribution is -2.23. The minimum Gasteiger partial charge on any atom is -0.497 e. The number of hydrogen-bond donors (Lipinski definition) is 1. The molecule has 7 nitrogen and oxygen atoms in total. The third kappa shape index (κ3) is 4.24. The minimum atomic E-state index is -0.281. The molecule has 0 atom stereocenters. The molecule has 0 saturated carbocycles. The van der Waals surface area contributed by atoms with E-state index in [2.05, 4.69) is 10.4 Å². The molecule has 3 aromatic rings. The third-order valence-electron chi connectivity index (χ3n) is 3.84. The summed E-state index contributed by atoms with van der Waals surface area (Å²) in [6, 6.07) is 12.6. The second kappa shape index (κ2) is 7.77. The SMILES string of the molecule is COc1cccc(OCc2ccc(C(=O)NCc3cc(C)nn3C)o2)c1. The van der Waals surface area contributed by atoms with E-state index in [1.54, 1.807) is 30.0 Å². The number of aromatic nitrogens is 2. The maximum absolute atomic E-state index is 12.2. The quantitative estimate of drug-likeness (QED) is 0.705. The fourth-order valence-electron chi connectivity index (χ4n) is 2.51. The monoisotopic (exact) mass is 355 g/mol. The van der Waals surface area contributed by atoms with Crippen molar-refractivity contribution in [2.45, 2.75) is 20.1 Å². The van der Waals surface area contributed by atoms with Gasteiger partial charge in [-0.15, -0.1) is 0 Å². The standard InChI is InChI=1S/C19H21N3O4/c1-13-9-14(22(2)21-13)11-20-19(23)18-8-7-17(26-18)12-25-16-6-4-5-15(10-16)24-3/h4-10H,11-12H2,1-3H3,(H,20,23). The highest BCUT2D eigenvalue weighted by Crippen LogP contribution is 2.20. The van der Waals surface area contributed by atoms with E-state index in [9.17, 15) is 4.79 Å². The second-order valence-corrected chi connectivity index (χ2v) is 5.82. The molecule has 3 rings (SSSR count). The van der Waals surface area contributed by atoms with Crippen molar-refractivity contribution in [2.24, 2.45) is 7.05 Å². The Bertz CT molecular complexity index is 898. The van der Waals surface area contributed by atoms with Crippen LogP contribution in [0.1, 0.15) is 27.7 Å². The van der Waals surface area contributed by atoms with E-state index < -0.39 is 0 Å². The largest absolute Gasteiger partial charge is 0.497 e. The average molecular weight is 355 g/mol. The van der Waals surface area contributed by atoms with Gasteiger partial charge in [-0.25, -0.2) is 0 Å². The first-order chi connectivity index (χ1) is 12.5. The number of benzene rings is 1. The molecule has 26 heavy (non-hydrogen) atoms. The van der Waals surface area contributed by atoms with Gasteiger partial charge in [-0.2, -0.15) is 5.10 Å². The van der Waals surface area contributed by atoms with Gasteiger partial charge in [-0.05, 0) is 37.3 Å². The Kier molecular flexibility index (Phi) is 5.26. The molecule has 136 valence electrons. The molecule has 0 bridgehead atoms. The van der Waals surface area contributed by atoms with Crippen LogP contribution in [-0.2, 0) is 20.2 Å². The van der Waals surface area contributed by atoms with Gasteiger partial charge in [0.2, 0.25) is 0 Å². The van der Waals surface area contributed by atoms with Crippen molar-refractivity contribution in [1.82, 2.24) is 15.1 Å². The Morgan fingerprint density at radius 3 is 2.77 bits per heavy atom. The molecule has 0 fully saturated rings. The molecule has 0 saturated heterocycles. The summed E-state index contributed by atoms with van der Waals surface area (Å²) in [7, 11) is 3.44. The summed E-state index contributed by atoms with van der Waals surface area (Å²) in [4.78, 5) is 12.2. The zero-order chi connectivity index (χ0) is 18.5. The maximum Gasteiger partial charge on any atom is 0.287 e. The second-order valence-electron chi connectivity index (χ2n) is 5.82. The van der Waals surface area contributed by atoms with Gasteiger partial charge in [0.1, 0.15) is 23.9 Å². The number of aryl methyl sites for hydroxylation is 2. The van der Waals surface area contributed by atoms with E-state index in [1.165, 1.54) is 0 Å². The molecule has 0 aliphatic heterocycles. The van der Waals surface area contributed by atoms with Crippen LogP contribution >= 0.6 is 0 Å². The Labute approximate surface area is 151 Å². The van der Waals surface area contributed by atoms with Gasteiger partial charge in [0.25, 0.3) is 5.91 Å². The van der Waals surface area contributed by atoms with Crippen molar-refractivity contribution >= 4 is 5.91 Å². The van der Waals surface area contributed by atoms with Crippen LogP contribution in [0.25, 0.3) is 0 Å².